The first-order valence-electron chi connectivity index (χ1n) is 11.3. The zero-order valence-electron chi connectivity index (χ0n) is 18.5. The summed E-state index contributed by atoms with van der Waals surface area (Å²) in [5.74, 6) is 1.68. The first-order chi connectivity index (χ1) is 14.7. The van der Waals surface area contributed by atoms with Crippen LogP contribution in [0.2, 0.25) is 0 Å². The average Bonchev–Trinajstić information content (AvgIpc) is 2.79. The van der Waals surface area contributed by atoms with Crippen LogP contribution in [0.25, 0.3) is 0 Å². The molecule has 0 saturated carbocycles. The highest BCUT2D eigenvalue weighted by Crippen LogP contribution is 2.46. The summed E-state index contributed by atoms with van der Waals surface area (Å²) in [6.45, 7) is 10.2. The first kappa shape index (κ1) is 23.9. The number of hydrogen-bond donors (Lipinski definition) is 1. The second-order valence-corrected chi connectivity index (χ2v) is 9.27. The van der Waals surface area contributed by atoms with Crippen molar-refractivity contribution < 1.29 is 22.1 Å². The molecule has 2 aliphatic rings. The van der Waals surface area contributed by atoms with Gasteiger partial charge in [0.15, 0.2) is 0 Å². The Kier molecular flexibility index (Phi) is 8.64. The predicted octanol–water partition coefficient (Wildman–Crippen LogP) is 0.242. The van der Waals surface area contributed by atoms with Gasteiger partial charge in [-0.1, -0.05) is 23.9 Å². The summed E-state index contributed by atoms with van der Waals surface area (Å²) in [5.41, 5.74) is 1.27. The quantitative estimate of drug-likeness (QED) is 0.642. The number of amides is 1. The van der Waals surface area contributed by atoms with Gasteiger partial charge in [0.1, 0.15) is 5.82 Å². The van der Waals surface area contributed by atoms with E-state index in [2.05, 4.69) is 54.1 Å². The average molecular weight is 461 g/mol. The van der Waals surface area contributed by atoms with Gasteiger partial charge in [0.05, 0.1) is 30.2 Å². The molecule has 0 radical (unpaired) electrons. The van der Waals surface area contributed by atoms with Gasteiger partial charge in [-0.25, -0.2) is 4.98 Å². The van der Waals surface area contributed by atoms with E-state index in [1.165, 1.54) is 15.5 Å². The number of para-hydroxylation sites is 1. The fraction of sp³-hybridized carbons (Fsp3) is 0.500. The number of quaternary nitrogens is 1. The Balaban J connectivity index is 0.00000272. The van der Waals surface area contributed by atoms with E-state index in [-0.39, 0.29) is 18.3 Å². The standard InChI is InChI=1S/C24H32N4OS.ClH/c1-3-27(4-2)24(29)19-12-17-26(18-13-19)15-8-16-28-20-9-5-6-10-21(20)30-22-11-7-14-25-23(22)28;/h5-7,9-11,14,19H,3-4,8,12-13,15-18H2,1-2H3;1H. The van der Waals surface area contributed by atoms with Gasteiger partial charge in [-0.3, -0.25) is 4.79 Å². The molecule has 1 N–H and O–H groups in total. The number of likely N-dealkylation sites (tertiary alicyclic amines) is 1. The van der Waals surface area contributed by atoms with Crippen LogP contribution in [0, 0.1) is 5.92 Å². The van der Waals surface area contributed by atoms with E-state index in [0.29, 0.717) is 5.91 Å². The van der Waals surface area contributed by atoms with Crippen LogP contribution in [0.4, 0.5) is 11.5 Å². The third-order valence-electron chi connectivity index (χ3n) is 6.41. The summed E-state index contributed by atoms with van der Waals surface area (Å²) >= 11 is 1.81. The molecule has 7 heteroatoms. The van der Waals surface area contributed by atoms with E-state index in [0.717, 1.165) is 64.3 Å². The highest BCUT2D eigenvalue weighted by molar-refractivity contribution is 7.99. The molecule has 3 heterocycles. The highest BCUT2D eigenvalue weighted by atomic mass is 35.5. The Hall–Kier alpha value is -1.76. The number of rotatable bonds is 7. The van der Waals surface area contributed by atoms with Gasteiger partial charge in [0.2, 0.25) is 5.91 Å². The van der Waals surface area contributed by atoms with E-state index in [9.17, 15) is 4.79 Å². The number of carbonyl (C=O) groups excluding carboxylic acids is 1. The van der Waals surface area contributed by atoms with Gasteiger partial charge in [0.25, 0.3) is 0 Å². The van der Waals surface area contributed by atoms with E-state index in [1.54, 1.807) is 4.90 Å². The minimum atomic E-state index is 0. The molecule has 168 valence electrons. The first-order valence-corrected chi connectivity index (χ1v) is 12.1. The number of pyridine rings is 1. The molecule has 1 amide bonds. The van der Waals surface area contributed by atoms with Gasteiger partial charge in [0, 0.05) is 55.9 Å². The Bertz CT molecular complexity index is 823. The smallest absolute Gasteiger partial charge is 0.226 e. The lowest BCUT2D eigenvalue weighted by Crippen LogP contribution is -3.13. The molecule has 0 bridgehead atoms. The van der Waals surface area contributed by atoms with Crippen molar-refractivity contribution in [3.05, 3.63) is 42.6 Å². The molecule has 2 aliphatic heterocycles. The van der Waals surface area contributed by atoms with Crippen LogP contribution < -0.4 is 22.2 Å². The fourth-order valence-corrected chi connectivity index (χ4v) is 5.76. The zero-order valence-corrected chi connectivity index (χ0v) is 20.1. The van der Waals surface area contributed by atoms with Crippen LogP contribution in [-0.4, -0.2) is 55.1 Å². The lowest BCUT2D eigenvalue weighted by molar-refractivity contribution is -0.905. The third kappa shape index (κ3) is 5.36. The third-order valence-corrected chi connectivity index (χ3v) is 7.52. The molecule has 31 heavy (non-hydrogen) atoms. The van der Waals surface area contributed by atoms with Crippen molar-refractivity contribution in [2.75, 3.05) is 44.2 Å². The van der Waals surface area contributed by atoms with Crippen LogP contribution in [0.5, 0.6) is 0 Å². The molecular formula is C24H33ClN4OS. The van der Waals surface area contributed by atoms with Crippen molar-refractivity contribution in [2.24, 2.45) is 5.92 Å². The normalized spacial score (nSPS) is 19.7. The zero-order chi connectivity index (χ0) is 20.9. The molecular weight excluding hydrogens is 428 g/mol. The summed E-state index contributed by atoms with van der Waals surface area (Å²) in [7, 11) is 0. The van der Waals surface area contributed by atoms with Crippen LogP contribution in [0.15, 0.2) is 52.4 Å². The molecule has 1 saturated heterocycles. The van der Waals surface area contributed by atoms with E-state index >= 15 is 0 Å². The van der Waals surface area contributed by atoms with E-state index < -0.39 is 0 Å². The maximum absolute atomic E-state index is 12.6. The molecule has 0 unspecified atom stereocenters. The number of nitrogens with zero attached hydrogens (tertiary/aromatic N) is 3. The van der Waals surface area contributed by atoms with Gasteiger partial charge in [-0.15, -0.1) is 0 Å². The molecule has 1 aromatic carbocycles. The van der Waals surface area contributed by atoms with Gasteiger partial charge in [-0.2, -0.15) is 0 Å². The maximum Gasteiger partial charge on any atom is 0.226 e. The molecule has 4 rings (SSSR count). The molecule has 0 spiro atoms. The van der Waals surface area contributed by atoms with Crippen molar-refractivity contribution >= 4 is 29.2 Å². The van der Waals surface area contributed by atoms with E-state index in [1.807, 2.05) is 28.9 Å². The Labute approximate surface area is 196 Å². The van der Waals surface area contributed by atoms with Crippen LogP contribution in [0.1, 0.15) is 33.1 Å². The molecule has 5 nitrogen and oxygen atoms in total. The number of halogens is 1. The maximum atomic E-state index is 12.6. The summed E-state index contributed by atoms with van der Waals surface area (Å²) < 4.78 is 0. The number of nitrogens with one attached hydrogen (secondary N) is 1. The second kappa shape index (κ2) is 11.2. The van der Waals surface area contributed by atoms with Crippen molar-refractivity contribution in [1.82, 2.24) is 9.88 Å². The summed E-state index contributed by atoms with van der Waals surface area (Å²) in [6, 6.07) is 12.8. The van der Waals surface area contributed by atoms with Gasteiger partial charge in [-0.05, 0) is 38.1 Å². The van der Waals surface area contributed by atoms with Gasteiger partial charge >= 0.3 is 0 Å². The molecule has 1 fully saturated rings. The summed E-state index contributed by atoms with van der Waals surface area (Å²) in [6.07, 6.45) is 5.07. The number of hydrogen-bond acceptors (Lipinski definition) is 4. The minimum absolute atomic E-state index is 0. The van der Waals surface area contributed by atoms with E-state index in [4.69, 9.17) is 0 Å². The topological polar surface area (TPSA) is 40.9 Å². The van der Waals surface area contributed by atoms with Crippen molar-refractivity contribution in [3.63, 3.8) is 0 Å². The molecule has 2 aromatic rings. The minimum Gasteiger partial charge on any atom is -1.00 e. The predicted molar refractivity (Wildman–Crippen MR) is 123 cm³/mol. The van der Waals surface area contributed by atoms with Crippen molar-refractivity contribution in [3.8, 4) is 0 Å². The lowest BCUT2D eigenvalue weighted by Gasteiger charge is -2.33. The highest BCUT2D eigenvalue weighted by Gasteiger charge is 2.30. The summed E-state index contributed by atoms with van der Waals surface area (Å²) in [5, 5.41) is 0. The van der Waals surface area contributed by atoms with Crippen LogP contribution in [-0.2, 0) is 4.79 Å². The second-order valence-electron chi connectivity index (χ2n) is 8.18. The number of aromatic nitrogens is 1. The monoisotopic (exact) mass is 460 g/mol. The largest absolute Gasteiger partial charge is 1.00 e. The summed E-state index contributed by atoms with van der Waals surface area (Å²) in [4.78, 5) is 25.9. The number of carbonyl (C=O) groups is 1. The molecule has 0 aliphatic carbocycles. The Morgan fingerprint density at radius 3 is 2.58 bits per heavy atom. The van der Waals surface area contributed by atoms with Crippen molar-refractivity contribution in [2.45, 2.75) is 42.9 Å². The fourth-order valence-electron chi connectivity index (χ4n) is 4.69. The number of piperidine rings is 1. The number of fused-ring (bicyclic) bond motifs is 2. The lowest BCUT2D eigenvalue weighted by atomic mass is 9.95. The van der Waals surface area contributed by atoms with Crippen LogP contribution in [0.3, 0.4) is 0 Å². The Morgan fingerprint density at radius 2 is 1.84 bits per heavy atom. The van der Waals surface area contributed by atoms with Crippen LogP contribution >= 0.6 is 11.8 Å². The molecule has 0 atom stereocenters. The Morgan fingerprint density at radius 1 is 1.13 bits per heavy atom. The van der Waals surface area contributed by atoms with Crippen molar-refractivity contribution in [1.29, 1.82) is 0 Å². The molecule has 1 aromatic heterocycles. The number of benzene rings is 1. The number of anilines is 2. The SMILES string of the molecule is CCN(CC)C(=O)C1CC[NH+](CCCN2c3ccccc3Sc3cccnc32)CC1.[Cl-]. The van der Waals surface area contributed by atoms with Gasteiger partial charge < -0.3 is 27.1 Å².